The first-order valence-electron chi connectivity index (χ1n) is 12.0. The lowest BCUT2D eigenvalue weighted by molar-refractivity contribution is -0.156. The molecular weight excluding hydrogens is 514 g/mol. The number of halogens is 4. The number of hydrogen-bond donors (Lipinski definition) is 0. The molecule has 10 heteroatoms. The van der Waals surface area contributed by atoms with E-state index >= 15 is 4.39 Å². The standard InChI is InChI=1S/C29H25F4N3O3/c1-34-23-12-11-19(15-24(23)35(2)28(34)37)27(29(31,32)33)36-13-7-10-22(36)20-14-21(30)26(25(16-20)38-3)39-17-18-8-5-4-6-9-18/h4-16,27H,17H2,1-3H3. The van der Waals surface area contributed by atoms with Crippen molar-refractivity contribution in [1.82, 2.24) is 13.7 Å². The van der Waals surface area contributed by atoms with Crippen LogP contribution in [0.15, 0.2) is 83.8 Å². The molecule has 1 unspecified atom stereocenters. The molecule has 39 heavy (non-hydrogen) atoms. The molecule has 0 aliphatic rings. The second kappa shape index (κ2) is 10.0. The van der Waals surface area contributed by atoms with Crippen molar-refractivity contribution < 1.29 is 27.0 Å². The van der Waals surface area contributed by atoms with Gasteiger partial charge in [-0.3, -0.25) is 9.13 Å². The quantitative estimate of drug-likeness (QED) is 0.231. The molecule has 0 aliphatic heterocycles. The molecule has 1 atom stereocenters. The maximum atomic E-state index is 15.3. The van der Waals surface area contributed by atoms with Crippen LogP contribution >= 0.6 is 0 Å². The summed E-state index contributed by atoms with van der Waals surface area (Å²) in [5.41, 5.74) is 1.61. The van der Waals surface area contributed by atoms with E-state index in [9.17, 15) is 18.0 Å². The van der Waals surface area contributed by atoms with E-state index in [-0.39, 0.29) is 40.6 Å². The van der Waals surface area contributed by atoms with Crippen LogP contribution in [-0.4, -0.2) is 27.0 Å². The minimum atomic E-state index is -4.70. The number of methoxy groups -OCH3 is 1. The number of alkyl halides is 3. The average Bonchev–Trinajstić information content (AvgIpc) is 3.46. The first-order valence-corrected chi connectivity index (χ1v) is 12.0. The molecule has 0 amide bonds. The summed E-state index contributed by atoms with van der Waals surface area (Å²) in [5.74, 6) is -0.846. The van der Waals surface area contributed by atoms with E-state index in [1.165, 1.54) is 65.9 Å². The summed E-state index contributed by atoms with van der Waals surface area (Å²) in [6.45, 7) is 0.0878. The van der Waals surface area contributed by atoms with Gasteiger partial charge in [0.25, 0.3) is 0 Å². The van der Waals surface area contributed by atoms with Crippen LogP contribution in [0, 0.1) is 5.82 Å². The number of hydrogen-bond acceptors (Lipinski definition) is 3. The van der Waals surface area contributed by atoms with E-state index in [0.29, 0.717) is 11.0 Å². The number of fused-ring (bicyclic) bond motifs is 1. The van der Waals surface area contributed by atoms with Crippen LogP contribution in [0.5, 0.6) is 11.5 Å². The maximum absolute atomic E-state index is 15.3. The summed E-state index contributed by atoms with van der Waals surface area (Å²) >= 11 is 0. The van der Waals surface area contributed by atoms with E-state index in [2.05, 4.69) is 0 Å². The molecule has 0 N–H and O–H groups in total. The zero-order chi connectivity index (χ0) is 27.9. The molecule has 2 aromatic heterocycles. The van der Waals surface area contributed by atoms with Crippen LogP contribution in [-0.2, 0) is 20.7 Å². The summed E-state index contributed by atoms with van der Waals surface area (Å²) in [4.78, 5) is 12.3. The van der Waals surface area contributed by atoms with E-state index in [1.807, 2.05) is 30.3 Å². The van der Waals surface area contributed by atoms with Crippen molar-refractivity contribution in [3.8, 4) is 22.8 Å². The normalized spacial score (nSPS) is 12.6. The van der Waals surface area contributed by atoms with Crippen molar-refractivity contribution in [3.63, 3.8) is 0 Å². The Labute approximate surface area is 221 Å². The van der Waals surface area contributed by atoms with Crippen molar-refractivity contribution >= 4 is 11.0 Å². The molecule has 6 nitrogen and oxygen atoms in total. The van der Waals surface area contributed by atoms with Gasteiger partial charge in [0.15, 0.2) is 23.4 Å². The first kappa shape index (κ1) is 26.1. The third-order valence-corrected chi connectivity index (χ3v) is 6.73. The van der Waals surface area contributed by atoms with Crippen LogP contribution in [0.1, 0.15) is 17.2 Å². The minimum absolute atomic E-state index is 0.0537. The van der Waals surface area contributed by atoms with Gasteiger partial charge in [-0.05, 0) is 47.5 Å². The van der Waals surface area contributed by atoms with Gasteiger partial charge in [-0.25, -0.2) is 9.18 Å². The van der Waals surface area contributed by atoms with E-state index in [1.54, 1.807) is 7.05 Å². The summed E-state index contributed by atoms with van der Waals surface area (Å²) in [5, 5.41) is 0. The zero-order valence-electron chi connectivity index (χ0n) is 21.4. The molecule has 5 rings (SSSR count). The molecular formula is C29H25F4N3O3. The van der Waals surface area contributed by atoms with Crippen LogP contribution in [0.3, 0.4) is 0 Å². The van der Waals surface area contributed by atoms with Gasteiger partial charge < -0.3 is 14.0 Å². The van der Waals surface area contributed by atoms with Gasteiger partial charge in [0.2, 0.25) is 0 Å². The van der Waals surface area contributed by atoms with Gasteiger partial charge in [0, 0.05) is 31.5 Å². The highest BCUT2D eigenvalue weighted by atomic mass is 19.4. The van der Waals surface area contributed by atoms with Crippen molar-refractivity contribution in [2.45, 2.75) is 18.8 Å². The highest BCUT2D eigenvalue weighted by Crippen LogP contribution is 2.42. The van der Waals surface area contributed by atoms with Crippen molar-refractivity contribution in [2.24, 2.45) is 14.1 Å². The molecule has 0 saturated carbocycles. The number of imidazole rings is 1. The predicted octanol–water partition coefficient (Wildman–Crippen LogP) is 6.22. The first-order chi connectivity index (χ1) is 18.6. The number of nitrogens with zero attached hydrogens (tertiary/aromatic N) is 3. The highest BCUT2D eigenvalue weighted by Gasteiger charge is 2.43. The third-order valence-electron chi connectivity index (χ3n) is 6.73. The van der Waals surface area contributed by atoms with E-state index in [0.717, 1.165) is 16.2 Å². The molecule has 0 saturated heterocycles. The predicted molar refractivity (Wildman–Crippen MR) is 140 cm³/mol. The van der Waals surface area contributed by atoms with Crippen LogP contribution in [0.2, 0.25) is 0 Å². The molecule has 0 bridgehead atoms. The maximum Gasteiger partial charge on any atom is 0.413 e. The smallest absolute Gasteiger partial charge is 0.413 e. The Kier molecular flexibility index (Phi) is 6.71. The highest BCUT2D eigenvalue weighted by molar-refractivity contribution is 5.77. The fourth-order valence-corrected chi connectivity index (χ4v) is 4.80. The number of aryl methyl sites for hydroxylation is 2. The lowest BCUT2D eigenvalue weighted by Gasteiger charge is -2.25. The Morgan fingerprint density at radius 1 is 0.897 bits per heavy atom. The van der Waals surface area contributed by atoms with Gasteiger partial charge in [0.05, 0.1) is 18.1 Å². The van der Waals surface area contributed by atoms with Gasteiger partial charge >= 0.3 is 11.9 Å². The Hall–Kier alpha value is -4.47. The summed E-state index contributed by atoms with van der Waals surface area (Å²) in [7, 11) is 4.41. The Bertz CT molecular complexity index is 1700. The third kappa shape index (κ3) is 4.78. The average molecular weight is 540 g/mol. The van der Waals surface area contributed by atoms with Gasteiger partial charge in [0.1, 0.15) is 6.61 Å². The van der Waals surface area contributed by atoms with Crippen molar-refractivity contribution in [3.05, 3.63) is 106 Å². The molecule has 0 fully saturated rings. The number of ether oxygens (including phenoxy) is 2. The second-order valence-electron chi connectivity index (χ2n) is 9.16. The lowest BCUT2D eigenvalue weighted by Crippen LogP contribution is -2.27. The van der Waals surface area contributed by atoms with Gasteiger partial charge in [-0.15, -0.1) is 0 Å². The van der Waals surface area contributed by atoms with Gasteiger partial charge in [-0.1, -0.05) is 36.4 Å². The number of benzene rings is 3. The molecule has 0 aliphatic carbocycles. The molecule has 0 radical (unpaired) electrons. The van der Waals surface area contributed by atoms with Crippen molar-refractivity contribution in [1.29, 1.82) is 0 Å². The van der Waals surface area contributed by atoms with Crippen LogP contribution in [0.4, 0.5) is 17.6 Å². The molecule has 3 aromatic carbocycles. The Morgan fingerprint density at radius 3 is 2.31 bits per heavy atom. The monoisotopic (exact) mass is 539 g/mol. The molecule has 202 valence electrons. The fourth-order valence-electron chi connectivity index (χ4n) is 4.80. The zero-order valence-corrected chi connectivity index (χ0v) is 21.4. The summed E-state index contributed by atoms with van der Waals surface area (Å²) < 4.78 is 73.8. The van der Waals surface area contributed by atoms with E-state index in [4.69, 9.17) is 9.47 Å². The lowest BCUT2D eigenvalue weighted by atomic mass is 10.0. The SMILES string of the molecule is COc1cc(-c2cccn2C(c2ccc3c(c2)n(C)c(=O)n3C)C(F)(F)F)cc(F)c1OCc1ccccc1. The molecule has 0 spiro atoms. The second-order valence-corrected chi connectivity index (χ2v) is 9.16. The fraction of sp³-hybridized carbons (Fsp3) is 0.207. The van der Waals surface area contributed by atoms with E-state index < -0.39 is 18.0 Å². The molecule has 2 heterocycles. The Balaban J connectivity index is 1.57. The Morgan fingerprint density at radius 2 is 1.62 bits per heavy atom. The topological polar surface area (TPSA) is 50.3 Å². The molecule has 5 aromatic rings. The summed E-state index contributed by atoms with van der Waals surface area (Å²) in [6, 6.07) is 16.8. The summed E-state index contributed by atoms with van der Waals surface area (Å²) in [6.07, 6.45) is -3.40. The number of aromatic nitrogens is 3. The van der Waals surface area contributed by atoms with Crippen molar-refractivity contribution in [2.75, 3.05) is 7.11 Å². The van der Waals surface area contributed by atoms with Crippen LogP contribution in [0.25, 0.3) is 22.3 Å². The minimum Gasteiger partial charge on any atom is -0.493 e. The number of rotatable bonds is 7. The van der Waals surface area contributed by atoms with Gasteiger partial charge in [-0.2, -0.15) is 13.2 Å². The van der Waals surface area contributed by atoms with Crippen LogP contribution < -0.4 is 15.2 Å². The largest absolute Gasteiger partial charge is 0.493 e.